The molecule has 0 fully saturated rings. The van der Waals surface area contributed by atoms with Crippen LogP contribution in [0.2, 0.25) is 0 Å². The van der Waals surface area contributed by atoms with Gasteiger partial charge in [0.05, 0.1) is 14.8 Å². The van der Waals surface area contributed by atoms with Gasteiger partial charge in [-0.15, -0.1) is 0 Å². The molecule has 0 N–H and O–H groups in total. The van der Waals surface area contributed by atoms with Gasteiger partial charge >= 0.3 is 0 Å². The van der Waals surface area contributed by atoms with Crippen LogP contribution in [0, 0.1) is 10.1 Å². The molecule has 0 aliphatic heterocycles. The van der Waals surface area contributed by atoms with Crippen molar-refractivity contribution >= 4 is 32.5 Å². The van der Waals surface area contributed by atoms with Crippen LogP contribution < -0.4 is 4.74 Å². The normalized spacial score (nSPS) is 10.5. The number of hydrogen-bond acceptors (Lipinski definition) is 5. The molecular weight excluding hydrogens is 338 g/mol. The van der Waals surface area contributed by atoms with Crippen LogP contribution in [0.25, 0.3) is 10.9 Å². The van der Waals surface area contributed by atoms with E-state index in [0.29, 0.717) is 21.5 Å². The van der Waals surface area contributed by atoms with Crippen LogP contribution in [0.1, 0.15) is 0 Å². The Labute approximate surface area is 127 Å². The molecule has 2 aromatic heterocycles. The van der Waals surface area contributed by atoms with Gasteiger partial charge in [0.15, 0.2) is 5.52 Å². The summed E-state index contributed by atoms with van der Waals surface area (Å²) in [5.41, 5.74) is 0.227. The highest BCUT2D eigenvalue weighted by atomic mass is 79.9. The molecule has 1 aromatic carbocycles. The summed E-state index contributed by atoms with van der Waals surface area (Å²) in [6.45, 7) is 0. The van der Waals surface area contributed by atoms with Gasteiger partial charge in [0.1, 0.15) is 5.75 Å². The van der Waals surface area contributed by atoms with Gasteiger partial charge < -0.3 is 4.74 Å². The minimum absolute atomic E-state index is 0.0574. The second kappa shape index (κ2) is 5.45. The summed E-state index contributed by atoms with van der Waals surface area (Å²) in [5.74, 6) is 0.847. The largest absolute Gasteiger partial charge is 0.437 e. The highest BCUT2D eigenvalue weighted by Gasteiger charge is 2.17. The van der Waals surface area contributed by atoms with E-state index in [9.17, 15) is 10.1 Å². The number of non-ortho nitro benzene ring substituents is 1. The quantitative estimate of drug-likeness (QED) is 0.527. The predicted octanol–water partition coefficient (Wildman–Crippen LogP) is 4.09. The number of fused-ring (bicyclic) bond motifs is 1. The number of benzene rings is 1. The van der Waals surface area contributed by atoms with Crippen LogP contribution in [-0.4, -0.2) is 14.9 Å². The first-order chi connectivity index (χ1) is 10.2. The molecule has 6 nitrogen and oxygen atoms in total. The summed E-state index contributed by atoms with van der Waals surface area (Å²) >= 11 is 3.34. The van der Waals surface area contributed by atoms with Crippen molar-refractivity contribution in [2.75, 3.05) is 0 Å². The van der Waals surface area contributed by atoms with Crippen LogP contribution in [-0.2, 0) is 0 Å². The first-order valence-electron chi connectivity index (χ1n) is 5.97. The lowest BCUT2D eigenvalue weighted by atomic mass is 10.1. The molecule has 7 heteroatoms. The lowest BCUT2D eigenvalue weighted by molar-refractivity contribution is -0.383. The van der Waals surface area contributed by atoms with E-state index in [0.717, 1.165) is 0 Å². The summed E-state index contributed by atoms with van der Waals surface area (Å²) in [6, 6.07) is 9.92. The van der Waals surface area contributed by atoms with E-state index in [4.69, 9.17) is 4.74 Å². The van der Waals surface area contributed by atoms with Crippen molar-refractivity contribution in [3.05, 3.63) is 63.4 Å². The molecule has 2 heterocycles. The number of ether oxygens (including phenoxy) is 1. The molecule has 0 aliphatic carbocycles. The Hall–Kier alpha value is -2.54. The van der Waals surface area contributed by atoms with E-state index in [1.165, 1.54) is 12.3 Å². The maximum Gasteiger partial charge on any atom is 0.295 e. The highest BCUT2D eigenvalue weighted by Crippen LogP contribution is 2.35. The SMILES string of the molecule is O=[N+]([O-])c1ccc(Oc2ncccc2Br)c2cccnc12. The van der Waals surface area contributed by atoms with Crippen LogP contribution in [0.5, 0.6) is 11.6 Å². The number of hydrogen-bond donors (Lipinski definition) is 0. The fourth-order valence-electron chi connectivity index (χ4n) is 1.92. The van der Waals surface area contributed by atoms with E-state index in [2.05, 4.69) is 25.9 Å². The molecule has 0 saturated heterocycles. The van der Waals surface area contributed by atoms with Gasteiger partial charge in [0, 0.05) is 18.5 Å². The van der Waals surface area contributed by atoms with Crippen molar-refractivity contribution in [2.45, 2.75) is 0 Å². The lowest BCUT2D eigenvalue weighted by Crippen LogP contribution is -1.94. The van der Waals surface area contributed by atoms with Gasteiger partial charge in [-0.05, 0) is 46.3 Å². The van der Waals surface area contributed by atoms with Gasteiger partial charge in [-0.2, -0.15) is 0 Å². The van der Waals surface area contributed by atoms with Crippen molar-refractivity contribution < 1.29 is 9.66 Å². The molecule has 3 rings (SSSR count). The van der Waals surface area contributed by atoms with E-state index >= 15 is 0 Å². The predicted molar refractivity (Wildman–Crippen MR) is 80.4 cm³/mol. The van der Waals surface area contributed by atoms with E-state index in [1.807, 2.05) is 0 Å². The summed E-state index contributed by atoms with van der Waals surface area (Å²) < 4.78 is 6.43. The number of halogens is 1. The van der Waals surface area contributed by atoms with Gasteiger partial charge in [0.25, 0.3) is 5.69 Å². The molecule has 0 saturated carbocycles. The number of aromatic nitrogens is 2. The summed E-state index contributed by atoms with van der Waals surface area (Å²) in [6.07, 6.45) is 3.11. The number of nitro benzene ring substituents is 1. The number of rotatable bonds is 3. The second-order valence-corrected chi connectivity index (χ2v) is 4.99. The zero-order chi connectivity index (χ0) is 14.8. The van der Waals surface area contributed by atoms with Crippen LogP contribution in [0.3, 0.4) is 0 Å². The van der Waals surface area contributed by atoms with E-state index < -0.39 is 4.92 Å². The van der Waals surface area contributed by atoms with E-state index in [1.54, 1.807) is 36.5 Å². The summed E-state index contributed by atoms with van der Waals surface area (Å²) in [7, 11) is 0. The van der Waals surface area contributed by atoms with E-state index in [-0.39, 0.29) is 11.2 Å². The van der Waals surface area contributed by atoms with Crippen molar-refractivity contribution in [2.24, 2.45) is 0 Å². The molecule has 0 unspecified atom stereocenters. The zero-order valence-corrected chi connectivity index (χ0v) is 12.1. The Morgan fingerprint density at radius 1 is 1.10 bits per heavy atom. The molecule has 0 radical (unpaired) electrons. The van der Waals surface area contributed by atoms with Gasteiger partial charge in [-0.3, -0.25) is 10.1 Å². The Morgan fingerprint density at radius 2 is 1.86 bits per heavy atom. The van der Waals surface area contributed by atoms with Crippen LogP contribution in [0.4, 0.5) is 5.69 Å². The number of nitro groups is 1. The second-order valence-electron chi connectivity index (χ2n) is 4.13. The van der Waals surface area contributed by atoms with Gasteiger partial charge in [-0.25, -0.2) is 9.97 Å². The van der Waals surface area contributed by atoms with Crippen molar-refractivity contribution in [3.63, 3.8) is 0 Å². The smallest absolute Gasteiger partial charge is 0.295 e. The van der Waals surface area contributed by atoms with Crippen LogP contribution >= 0.6 is 15.9 Å². The molecule has 104 valence electrons. The first-order valence-corrected chi connectivity index (χ1v) is 6.76. The third-order valence-corrected chi connectivity index (χ3v) is 3.44. The zero-order valence-electron chi connectivity index (χ0n) is 10.6. The van der Waals surface area contributed by atoms with Crippen molar-refractivity contribution in [3.8, 4) is 11.6 Å². The minimum Gasteiger partial charge on any atom is -0.437 e. The summed E-state index contributed by atoms with van der Waals surface area (Å²) in [5, 5.41) is 11.6. The monoisotopic (exact) mass is 345 g/mol. The number of nitrogens with zero attached hydrogens (tertiary/aromatic N) is 3. The molecule has 0 aliphatic rings. The molecule has 0 atom stereocenters. The third-order valence-electron chi connectivity index (χ3n) is 2.84. The third kappa shape index (κ3) is 2.55. The van der Waals surface area contributed by atoms with Crippen molar-refractivity contribution in [1.82, 2.24) is 9.97 Å². The minimum atomic E-state index is -0.463. The highest BCUT2D eigenvalue weighted by molar-refractivity contribution is 9.10. The Balaban J connectivity index is 2.14. The fourth-order valence-corrected chi connectivity index (χ4v) is 2.25. The number of pyridine rings is 2. The Bertz CT molecular complexity index is 839. The maximum absolute atomic E-state index is 11.0. The standard InChI is InChI=1S/C14H8BrN3O3/c15-10-4-2-8-17-14(10)21-12-6-5-11(18(19)20)13-9(12)3-1-7-16-13/h1-8H. The molecular formula is C14H8BrN3O3. The topological polar surface area (TPSA) is 78.2 Å². The average molecular weight is 346 g/mol. The van der Waals surface area contributed by atoms with Gasteiger partial charge in [0.2, 0.25) is 5.88 Å². The Kier molecular flexibility index (Phi) is 3.49. The first kappa shape index (κ1) is 13.4. The van der Waals surface area contributed by atoms with Crippen molar-refractivity contribution in [1.29, 1.82) is 0 Å². The molecule has 21 heavy (non-hydrogen) atoms. The molecule has 3 aromatic rings. The maximum atomic E-state index is 11.0. The lowest BCUT2D eigenvalue weighted by Gasteiger charge is -2.09. The summed E-state index contributed by atoms with van der Waals surface area (Å²) in [4.78, 5) is 18.8. The molecule has 0 amide bonds. The molecule has 0 bridgehead atoms. The molecule has 0 spiro atoms. The van der Waals surface area contributed by atoms with Gasteiger partial charge in [-0.1, -0.05) is 0 Å². The Morgan fingerprint density at radius 3 is 2.62 bits per heavy atom. The fraction of sp³-hybridized carbons (Fsp3) is 0. The van der Waals surface area contributed by atoms with Crippen LogP contribution in [0.15, 0.2) is 53.3 Å². The average Bonchev–Trinajstić information content (AvgIpc) is 2.49.